The molecule has 1 aliphatic rings. The quantitative estimate of drug-likeness (QED) is 0.725. The number of aliphatic hydroxyl groups excluding tert-OH is 1. The minimum Gasteiger partial charge on any atom is -0.394 e. The molecule has 1 fully saturated rings. The summed E-state index contributed by atoms with van der Waals surface area (Å²) in [6, 6.07) is 6.62. The average Bonchev–Trinajstić information content (AvgIpc) is 2.72. The minimum absolute atomic E-state index is 0.0542. The van der Waals surface area contributed by atoms with Crippen LogP contribution in [0.15, 0.2) is 42.5 Å². The number of carbonyl (C=O) groups is 1. The Morgan fingerprint density at radius 3 is 2.59 bits per heavy atom. The minimum atomic E-state index is -0.790. The number of nitrogens with one attached hydrogen (secondary N) is 1. The molecule has 1 saturated heterocycles. The lowest BCUT2D eigenvalue weighted by atomic mass is 10.1. The molecular formula is C21H21F3N2O3. The number of rotatable bonds is 6. The Morgan fingerprint density at radius 2 is 1.90 bits per heavy atom. The van der Waals surface area contributed by atoms with Gasteiger partial charge < -0.3 is 20.1 Å². The van der Waals surface area contributed by atoms with Gasteiger partial charge in [0.15, 0.2) is 0 Å². The van der Waals surface area contributed by atoms with Gasteiger partial charge in [0.2, 0.25) is 5.91 Å². The molecule has 0 spiro atoms. The van der Waals surface area contributed by atoms with Crippen LogP contribution in [0, 0.1) is 17.5 Å². The number of amides is 1. The van der Waals surface area contributed by atoms with E-state index in [9.17, 15) is 23.1 Å². The molecule has 3 rings (SSSR count). The van der Waals surface area contributed by atoms with Crippen LogP contribution in [0.25, 0.3) is 6.08 Å². The summed E-state index contributed by atoms with van der Waals surface area (Å²) in [6.07, 6.45) is 2.30. The maximum atomic E-state index is 14.3. The van der Waals surface area contributed by atoms with E-state index in [0.29, 0.717) is 37.6 Å². The smallest absolute Gasteiger partial charge is 0.244 e. The number of anilines is 1. The van der Waals surface area contributed by atoms with E-state index in [-0.39, 0.29) is 5.56 Å². The summed E-state index contributed by atoms with van der Waals surface area (Å²) in [4.78, 5) is 14.0. The number of hydrogen-bond acceptors (Lipinski definition) is 4. The second kappa shape index (κ2) is 9.58. The van der Waals surface area contributed by atoms with Gasteiger partial charge in [0.1, 0.15) is 17.5 Å². The van der Waals surface area contributed by atoms with E-state index < -0.39 is 36.0 Å². The van der Waals surface area contributed by atoms with Gasteiger partial charge in [0.25, 0.3) is 0 Å². The Hall–Kier alpha value is -2.84. The number of carbonyl (C=O) groups excluding carboxylic acids is 1. The zero-order valence-corrected chi connectivity index (χ0v) is 15.6. The molecule has 1 heterocycles. The van der Waals surface area contributed by atoms with Crippen molar-refractivity contribution in [2.45, 2.75) is 6.04 Å². The predicted octanol–water partition coefficient (Wildman–Crippen LogP) is 2.80. The Bertz CT molecular complexity index is 899. The summed E-state index contributed by atoms with van der Waals surface area (Å²) in [5.74, 6) is -2.48. The summed E-state index contributed by atoms with van der Waals surface area (Å²) in [7, 11) is 0. The lowest BCUT2D eigenvalue weighted by Crippen LogP contribution is -2.37. The second-order valence-corrected chi connectivity index (χ2v) is 6.55. The number of nitrogens with zero attached hydrogens (tertiary/aromatic N) is 1. The molecule has 0 saturated carbocycles. The van der Waals surface area contributed by atoms with Crippen LogP contribution in [0.2, 0.25) is 0 Å². The Morgan fingerprint density at radius 1 is 1.14 bits per heavy atom. The second-order valence-electron chi connectivity index (χ2n) is 6.55. The largest absolute Gasteiger partial charge is 0.394 e. The molecule has 1 unspecified atom stereocenters. The highest BCUT2D eigenvalue weighted by molar-refractivity contribution is 5.92. The van der Waals surface area contributed by atoms with Crippen LogP contribution in [0.3, 0.4) is 0 Å². The standard InChI is InChI=1S/C21H21F3N2O3/c22-16-4-1-14(18(24)12-16)3-6-21(28)25-19(13-27)15-2-5-17(23)20(11-15)26-7-9-29-10-8-26/h1-6,11-12,19,27H,7-10,13H2,(H,25,28). The van der Waals surface area contributed by atoms with Crippen molar-refractivity contribution in [1.82, 2.24) is 5.32 Å². The molecule has 1 atom stereocenters. The molecule has 2 aromatic carbocycles. The van der Waals surface area contributed by atoms with Gasteiger partial charge in [-0.25, -0.2) is 13.2 Å². The van der Waals surface area contributed by atoms with Gasteiger partial charge >= 0.3 is 0 Å². The Balaban J connectivity index is 1.72. The van der Waals surface area contributed by atoms with Gasteiger partial charge in [0.05, 0.1) is 31.5 Å². The van der Waals surface area contributed by atoms with Crippen LogP contribution in [-0.2, 0) is 9.53 Å². The Labute approximate surface area is 166 Å². The van der Waals surface area contributed by atoms with Gasteiger partial charge in [-0.2, -0.15) is 0 Å². The fraction of sp³-hybridized carbons (Fsp3) is 0.286. The summed E-state index contributed by atoms with van der Waals surface area (Å²) in [6.45, 7) is 1.67. The molecule has 2 aromatic rings. The van der Waals surface area contributed by atoms with Crippen LogP contribution >= 0.6 is 0 Å². The van der Waals surface area contributed by atoms with E-state index in [2.05, 4.69) is 5.32 Å². The van der Waals surface area contributed by atoms with E-state index in [1.165, 1.54) is 24.3 Å². The molecule has 0 radical (unpaired) electrons. The third kappa shape index (κ3) is 5.36. The number of aliphatic hydroxyl groups is 1. The molecule has 0 aromatic heterocycles. The molecular weight excluding hydrogens is 385 g/mol. The van der Waals surface area contributed by atoms with Crippen LogP contribution < -0.4 is 10.2 Å². The van der Waals surface area contributed by atoms with E-state index >= 15 is 0 Å². The zero-order chi connectivity index (χ0) is 20.8. The maximum absolute atomic E-state index is 14.3. The predicted molar refractivity (Wildman–Crippen MR) is 103 cm³/mol. The van der Waals surface area contributed by atoms with Crippen molar-refractivity contribution in [1.29, 1.82) is 0 Å². The van der Waals surface area contributed by atoms with Crippen molar-refractivity contribution < 1.29 is 27.8 Å². The third-order valence-corrected chi connectivity index (χ3v) is 4.60. The normalized spacial score (nSPS) is 15.5. The van der Waals surface area contributed by atoms with Crippen molar-refractivity contribution in [3.63, 3.8) is 0 Å². The van der Waals surface area contributed by atoms with Crippen molar-refractivity contribution in [2.75, 3.05) is 37.8 Å². The number of halogens is 3. The lowest BCUT2D eigenvalue weighted by Gasteiger charge is -2.30. The number of ether oxygens (including phenoxy) is 1. The highest BCUT2D eigenvalue weighted by Gasteiger charge is 2.19. The van der Waals surface area contributed by atoms with E-state index in [1.807, 2.05) is 4.90 Å². The van der Waals surface area contributed by atoms with Crippen molar-refractivity contribution in [3.05, 3.63) is 71.1 Å². The first kappa shape index (κ1) is 20.9. The topological polar surface area (TPSA) is 61.8 Å². The highest BCUT2D eigenvalue weighted by atomic mass is 19.1. The van der Waals surface area contributed by atoms with Crippen molar-refractivity contribution in [2.24, 2.45) is 0 Å². The molecule has 1 amide bonds. The van der Waals surface area contributed by atoms with Gasteiger partial charge in [-0.3, -0.25) is 4.79 Å². The lowest BCUT2D eigenvalue weighted by molar-refractivity contribution is -0.117. The summed E-state index contributed by atoms with van der Waals surface area (Å²) in [5, 5.41) is 12.3. The molecule has 1 aliphatic heterocycles. The number of morpholine rings is 1. The fourth-order valence-corrected chi connectivity index (χ4v) is 3.05. The van der Waals surface area contributed by atoms with Gasteiger partial charge in [-0.05, 0) is 35.9 Å². The van der Waals surface area contributed by atoms with Crippen LogP contribution in [-0.4, -0.2) is 43.9 Å². The first-order chi connectivity index (χ1) is 14.0. The average molecular weight is 406 g/mol. The monoisotopic (exact) mass is 406 g/mol. The molecule has 5 nitrogen and oxygen atoms in total. The molecule has 8 heteroatoms. The van der Waals surface area contributed by atoms with Gasteiger partial charge in [-0.15, -0.1) is 0 Å². The molecule has 154 valence electrons. The zero-order valence-electron chi connectivity index (χ0n) is 15.6. The SMILES string of the molecule is O=C(C=Cc1ccc(F)cc1F)NC(CO)c1ccc(F)c(N2CCOCC2)c1. The van der Waals surface area contributed by atoms with Crippen LogP contribution in [0.5, 0.6) is 0 Å². The van der Waals surface area contributed by atoms with E-state index in [0.717, 1.165) is 18.2 Å². The number of benzene rings is 2. The molecule has 0 aliphatic carbocycles. The number of hydrogen-bond donors (Lipinski definition) is 2. The Kier molecular flexibility index (Phi) is 6.90. The fourth-order valence-electron chi connectivity index (χ4n) is 3.05. The van der Waals surface area contributed by atoms with Gasteiger partial charge in [0, 0.05) is 30.8 Å². The van der Waals surface area contributed by atoms with Crippen LogP contribution in [0.4, 0.5) is 18.9 Å². The molecule has 0 bridgehead atoms. The summed E-state index contributed by atoms with van der Waals surface area (Å²) in [5.41, 5.74) is 0.964. The first-order valence-corrected chi connectivity index (χ1v) is 9.14. The molecule has 29 heavy (non-hydrogen) atoms. The maximum Gasteiger partial charge on any atom is 0.244 e. The highest BCUT2D eigenvalue weighted by Crippen LogP contribution is 2.25. The van der Waals surface area contributed by atoms with Crippen LogP contribution in [0.1, 0.15) is 17.2 Å². The molecule has 2 N–H and O–H groups in total. The van der Waals surface area contributed by atoms with Crippen molar-refractivity contribution in [3.8, 4) is 0 Å². The third-order valence-electron chi connectivity index (χ3n) is 4.60. The van der Waals surface area contributed by atoms with E-state index in [1.54, 1.807) is 6.07 Å². The first-order valence-electron chi connectivity index (χ1n) is 9.14. The summed E-state index contributed by atoms with van der Waals surface area (Å²) < 4.78 is 46.1. The van der Waals surface area contributed by atoms with E-state index in [4.69, 9.17) is 4.74 Å². The van der Waals surface area contributed by atoms with Gasteiger partial charge in [-0.1, -0.05) is 6.07 Å². The van der Waals surface area contributed by atoms with Crippen molar-refractivity contribution >= 4 is 17.7 Å². The summed E-state index contributed by atoms with van der Waals surface area (Å²) >= 11 is 0.